The average molecular weight is 286 g/mol. The molecule has 6 nitrogen and oxygen atoms in total. The molecule has 1 N–H and O–H groups in total. The number of hydrogen-bond acceptors (Lipinski definition) is 4. The van der Waals surface area contributed by atoms with E-state index in [0.717, 1.165) is 41.4 Å². The zero-order valence-corrected chi connectivity index (χ0v) is 12.4. The normalized spacial score (nSPS) is 14.8. The van der Waals surface area contributed by atoms with Gasteiger partial charge in [0.2, 0.25) is 5.91 Å². The van der Waals surface area contributed by atoms with Crippen molar-refractivity contribution < 1.29 is 9.32 Å². The van der Waals surface area contributed by atoms with Gasteiger partial charge in [0.15, 0.2) is 5.82 Å². The Labute approximate surface area is 122 Å². The molecule has 110 valence electrons. The third kappa shape index (κ3) is 2.74. The monoisotopic (exact) mass is 286 g/mol. The molecular formula is C15H18N4O2. The molecule has 0 aromatic carbocycles. The fourth-order valence-corrected chi connectivity index (χ4v) is 2.33. The summed E-state index contributed by atoms with van der Waals surface area (Å²) in [6.07, 6.45) is 3.62. The van der Waals surface area contributed by atoms with Crippen molar-refractivity contribution in [2.24, 2.45) is 11.0 Å². The molecule has 1 fully saturated rings. The van der Waals surface area contributed by atoms with Crippen LogP contribution in [0, 0.1) is 26.7 Å². The van der Waals surface area contributed by atoms with Crippen LogP contribution in [-0.2, 0) is 4.79 Å². The number of nitrogens with one attached hydrogen (secondary N) is 1. The van der Waals surface area contributed by atoms with Gasteiger partial charge in [0.05, 0.1) is 6.21 Å². The first-order chi connectivity index (χ1) is 10.1. The highest BCUT2D eigenvalue weighted by Crippen LogP contribution is 2.28. The summed E-state index contributed by atoms with van der Waals surface area (Å²) in [6.45, 7) is 5.85. The Morgan fingerprint density at radius 2 is 2.19 bits per heavy atom. The van der Waals surface area contributed by atoms with Gasteiger partial charge in [-0.25, -0.2) is 5.43 Å². The zero-order valence-electron chi connectivity index (χ0n) is 12.4. The third-order valence-corrected chi connectivity index (χ3v) is 3.64. The number of aromatic nitrogens is 2. The van der Waals surface area contributed by atoms with Gasteiger partial charge in [-0.15, -0.1) is 0 Å². The Balaban J connectivity index is 1.80. The SMILES string of the molecule is Cc1cc(-n2c(C)cc(/C=N\NC(=O)C3CC3)c2C)no1. The minimum absolute atomic E-state index is 0.00665. The van der Waals surface area contributed by atoms with E-state index in [9.17, 15) is 4.79 Å². The summed E-state index contributed by atoms with van der Waals surface area (Å²) in [5, 5.41) is 8.07. The predicted octanol–water partition coefficient (Wildman–Crippen LogP) is 2.25. The molecule has 0 aliphatic heterocycles. The van der Waals surface area contributed by atoms with Gasteiger partial charge >= 0.3 is 0 Å². The lowest BCUT2D eigenvalue weighted by atomic mass is 10.3. The standard InChI is InChI=1S/C15H18N4O2/c1-9-6-13(8-16-17-15(20)12-4-5-12)11(3)19(9)14-7-10(2)21-18-14/h6-8,12H,4-5H2,1-3H3,(H,17,20)/b16-8-. The molecule has 6 heteroatoms. The second-order valence-corrected chi connectivity index (χ2v) is 5.47. The summed E-state index contributed by atoms with van der Waals surface area (Å²) in [5.41, 5.74) is 5.57. The maximum atomic E-state index is 11.5. The van der Waals surface area contributed by atoms with Gasteiger partial charge in [-0.3, -0.25) is 9.36 Å². The van der Waals surface area contributed by atoms with Crippen LogP contribution in [0.5, 0.6) is 0 Å². The molecule has 2 heterocycles. The van der Waals surface area contributed by atoms with E-state index in [1.807, 2.05) is 37.5 Å². The Hall–Kier alpha value is -2.37. The lowest BCUT2D eigenvalue weighted by molar-refractivity contribution is -0.122. The molecule has 1 aliphatic carbocycles. The second-order valence-electron chi connectivity index (χ2n) is 5.47. The fraction of sp³-hybridized carbons (Fsp3) is 0.400. The molecule has 0 unspecified atom stereocenters. The average Bonchev–Trinajstić information content (AvgIpc) is 3.15. The highest BCUT2D eigenvalue weighted by molar-refractivity contribution is 5.85. The third-order valence-electron chi connectivity index (χ3n) is 3.64. The van der Waals surface area contributed by atoms with Crippen molar-refractivity contribution in [3.8, 4) is 5.82 Å². The minimum Gasteiger partial charge on any atom is -0.360 e. The lowest BCUT2D eigenvalue weighted by Crippen LogP contribution is -2.19. The van der Waals surface area contributed by atoms with Crippen LogP contribution in [0.15, 0.2) is 21.8 Å². The molecule has 1 amide bonds. The molecule has 0 bridgehead atoms. The van der Waals surface area contributed by atoms with E-state index in [0.29, 0.717) is 0 Å². The molecule has 0 spiro atoms. The van der Waals surface area contributed by atoms with Crippen LogP contribution in [-0.4, -0.2) is 21.8 Å². The summed E-state index contributed by atoms with van der Waals surface area (Å²) in [4.78, 5) is 11.5. The van der Waals surface area contributed by atoms with Gasteiger partial charge in [-0.2, -0.15) is 5.10 Å². The molecule has 1 aliphatic rings. The van der Waals surface area contributed by atoms with Crippen LogP contribution >= 0.6 is 0 Å². The molecule has 0 saturated heterocycles. The van der Waals surface area contributed by atoms with Crippen LogP contribution in [0.4, 0.5) is 0 Å². The van der Waals surface area contributed by atoms with Crippen molar-refractivity contribution >= 4 is 12.1 Å². The van der Waals surface area contributed by atoms with Crippen LogP contribution < -0.4 is 5.43 Å². The minimum atomic E-state index is 0.00665. The number of nitrogens with zero attached hydrogens (tertiary/aromatic N) is 3. The smallest absolute Gasteiger partial charge is 0.243 e. The molecule has 2 aromatic rings. The van der Waals surface area contributed by atoms with E-state index in [4.69, 9.17) is 4.52 Å². The number of aryl methyl sites for hydroxylation is 2. The van der Waals surface area contributed by atoms with Crippen molar-refractivity contribution in [3.63, 3.8) is 0 Å². The molecule has 21 heavy (non-hydrogen) atoms. The van der Waals surface area contributed by atoms with E-state index < -0.39 is 0 Å². The highest BCUT2D eigenvalue weighted by Gasteiger charge is 2.29. The summed E-state index contributed by atoms with van der Waals surface area (Å²) in [6, 6.07) is 3.89. The van der Waals surface area contributed by atoms with Crippen LogP contribution in [0.3, 0.4) is 0 Å². The van der Waals surface area contributed by atoms with Gasteiger partial charge in [-0.1, -0.05) is 5.16 Å². The van der Waals surface area contributed by atoms with Crippen molar-refractivity contribution in [1.82, 2.24) is 15.1 Å². The zero-order chi connectivity index (χ0) is 15.0. The molecule has 0 radical (unpaired) electrons. The van der Waals surface area contributed by atoms with Gasteiger partial charge in [0, 0.05) is 28.9 Å². The van der Waals surface area contributed by atoms with Gasteiger partial charge in [-0.05, 0) is 39.7 Å². The maximum absolute atomic E-state index is 11.5. The summed E-state index contributed by atoms with van der Waals surface area (Å²) in [7, 11) is 0. The van der Waals surface area contributed by atoms with E-state index in [2.05, 4.69) is 15.7 Å². The Morgan fingerprint density at radius 3 is 2.81 bits per heavy atom. The van der Waals surface area contributed by atoms with Crippen molar-refractivity contribution in [1.29, 1.82) is 0 Å². The quantitative estimate of drug-likeness (QED) is 0.692. The Morgan fingerprint density at radius 1 is 1.43 bits per heavy atom. The topological polar surface area (TPSA) is 72.4 Å². The number of carbonyl (C=O) groups excluding carboxylic acids is 1. The number of carbonyl (C=O) groups is 1. The van der Waals surface area contributed by atoms with Crippen molar-refractivity contribution in [3.05, 3.63) is 34.8 Å². The maximum Gasteiger partial charge on any atom is 0.243 e. The summed E-state index contributed by atoms with van der Waals surface area (Å²) < 4.78 is 7.12. The highest BCUT2D eigenvalue weighted by atomic mass is 16.5. The van der Waals surface area contributed by atoms with Crippen LogP contribution in [0.1, 0.15) is 35.6 Å². The first kappa shape index (κ1) is 13.6. The number of amides is 1. The molecular weight excluding hydrogens is 268 g/mol. The van der Waals surface area contributed by atoms with Crippen LogP contribution in [0.25, 0.3) is 5.82 Å². The summed E-state index contributed by atoms with van der Waals surface area (Å²) in [5.74, 6) is 1.69. The largest absolute Gasteiger partial charge is 0.360 e. The van der Waals surface area contributed by atoms with Gasteiger partial charge in [0.25, 0.3) is 0 Å². The Bertz CT molecular complexity index is 707. The van der Waals surface area contributed by atoms with Crippen LogP contribution in [0.2, 0.25) is 0 Å². The molecule has 3 rings (SSSR count). The number of hydrogen-bond donors (Lipinski definition) is 1. The van der Waals surface area contributed by atoms with E-state index in [1.165, 1.54) is 0 Å². The first-order valence-electron chi connectivity index (χ1n) is 7.02. The number of rotatable bonds is 4. The number of hydrazone groups is 1. The lowest BCUT2D eigenvalue weighted by Gasteiger charge is -2.03. The second kappa shape index (κ2) is 5.20. The van der Waals surface area contributed by atoms with Gasteiger partial charge < -0.3 is 4.52 Å². The summed E-state index contributed by atoms with van der Waals surface area (Å²) >= 11 is 0. The first-order valence-corrected chi connectivity index (χ1v) is 7.02. The van der Waals surface area contributed by atoms with Gasteiger partial charge in [0.1, 0.15) is 5.76 Å². The fourth-order valence-electron chi connectivity index (χ4n) is 2.33. The van der Waals surface area contributed by atoms with Crippen molar-refractivity contribution in [2.75, 3.05) is 0 Å². The molecule has 2 aromatic heterocycles. The van der Waals surface area contributed by atoms with E-state index in [-0.39, 0.29) is 11.8 Å². The Kier molecular flexibility index (Phi) is 3.37. The predicted molar refractivity (Wildman–Crippen MR) is 78.5 cm³/mol. The molecule has 1 saturated carbocycles. The van der Waals surface area contributed by atoms with E-state index >= 15 is 0 Å². The molecule has 0 atom stereocenters. The van der Waals surface area contributed by atoms with E-state index in [1.54, 1.807) is 6.21 Å². The van der Waals surface area contributed by atoms with Crippen molar-refractivity contribution in [2.45, 2.75) is 33.6 Å².